The first-order chi connectivity index (χ1) is 9.15. The molecule has 3 heteroatoms. The summed E-state index contributed by atoms with van der Waals surface area (Å²) >= 11 is 5.94. The topological polar surface area (TPSA) is 32.9 Å². The molecule has 0 amide bonds. The molecule has 3 rings (SSSR count). The summed E-state index contributed by atoms with van der Waals surface area (Å²) in [4.78, 5) is 15.6. The molecule has 94 valence electrons. The summed E-state index contributed by atoms with van der Waals surface area (Å²) in [6.07, 6.45) is 1.74. The molecular weight excluding hydrogens is 258 g/mol. The van der Waals surface area contributed by atoms with Crippen LogP contribution in [0.5, 0.6) is 0 Å². The Morgan fingerprint density at radius 1 is 1.16 bits per heavy atom. The van der Waals surface area contributed by atoms with E-state index in [1.54, 1.807) is 12.3 Å². The smallest absolute Gasteiger partial charge is 0.195 e. The first kappa shape index (κ1) is 12.0. The molecule has 3 aromatic rings. The average molecular weight is 270 g/mol. The predicted molar refractivity (Wildman–Crippen MR) is 77.9 cm³/mol. The SMILES string of the molecule is Cc1cccc(C(=O)c2c[nH]c3cc(Cl)ccc23)c1. The van der Waals surface area contributed by atoms with Crippen LogP contribution in [0.2, 0.25) is 5.02 Å². The molecule has 0 saturated heterocycles. The summed E-state index contributed by atoms with van der Waals surface area (Å²) < 4.78 is 0. The second-order valence-electron chi connectivity index (χ2n) is 4.59. The highest BCUT2D eigenvalue weighted by molar-refractivity contribution is 6.31. The largest absolute Gasteiger partial charge is 0.360 e. The van der Waals surface area contributed by atoms with Gasteiger partial charge < -0.3 is 4.98 Å². The lowest BCUT2D eigenvalue weighted by Gasteiger charge is -2.01. The van der Waals surface area contributed by atoms with Crippen molar-refractivity contribution in [2.75, 3.05) is 0 Å². The summed E-state index contributed by atoms with van der Waals surface area (Å²) in [5, 5.41) is 1.56. The number of benzene rings is 2. The van der Waals surface area contributed by atoms with E-state index < -0.39 is 0 Å². The van der Waals surface area contributed by atoms with Crippen molar-refractivity contribution in [1.29, 1.82) is 0 Å². The van der Waals surface area contributed by atoms with Gasteiger partial charge in [0.05, 0.1) is 0 Å². The van der Waals surface area contributed by atoms with Crippen LogP contribution in [0.4, 0.5) is 0 Å². The van der Waals surface area contributed by atoms with Crippen molar-refractivity contribution < 1.29 is 4.79 Å². The first-order valence-electron chi connectivity index (χ1n) is 6.03. The molecule has 0 unspecified atom stereocenters. The van der Waals surface area contributed by atoms with E-state index >= 15 is 0 Å². The lowest BCUT2D eigenvalue weighted by atomic mass is 10.0. The van der Waals surface area contributed by atoms with Crippen LogP contribution in [0.1, 0.15) is 21.5 Å². The lowest BCUT2D eigenvalue weighted by Crippen LogP contribution is -2.00. The number of rotatable bonds is 2. The number of aromatic amines is 1. The van der Waals surface area contributed by atoms with Crippen molar-refractivity contribution in [2.45, 2.75) is 6.92 Å². The Bertz CT molecular complexity index is 773. The highest BCUT2D eigenvalue weighted by Crippen LogP contribution is 2.24. The number of carbonyl (C=O) groups is 1. The zero-order valence-corrected chi connectivity index (χ0v) is 11.2. The minimum absolute atomic E-state index is 0.0253. The van der Waals surface area contributed by atoms with Gasteiger partial charge in [0.25, 0.3) is 0 Å². The third-order valence-corrected chi connectivity index (χ3v) is 3.40. The summed E-state index contributed by atoms with van der Waals surface area (Å²) in [5.74, 6) is 0.0253. The third-order valence-electron chi connectivity index (χ3n) is 3.17. The Morgan fingerprint density at radius 3 is 2.79 bits per heavy atom. The van der Waals surface area contributed by atoms with E-state index in [0.717, 1.165) is 16.5 Å². The number of fused-ring (bicyclic) bond motifs is 1. The molecular formula is C16H12ClNO. The number of carbonyl (C=O) groups excluding carboxylic acids is 1. The standard InChI is InChI=1S/C16H12ClNO/c1-10-3-2-4-11(7-10)16(19)14-9-18-15-8-12(17)5-6-13(14)15/h2-9,18H,1H3. The van der Waals surface area contributed by atoms with E-state index in [1.165, 1.54) is 0 Å². The van der Waals surface area contributed by atoms with Crippen LogP contribution in [-0.2, 0) is 0 Å². The summed E-state index contributed by atoms with van der Waals surface area (Å²) in [7, 11) is 0. The number of H-pyrrole nitrogens is 1. The van der Waals surface area contributed by atoms with Gasteiger partial charge >= 0.3 is 0 Å². The van der Waals surface area contributed by atoms with Crippen LogP contribution in [-0.4, -0.2) is 10.8 Å². The van der Waals surface area contributed by atoms with Gasteiger partial charge in [0.1, 0.15) is 0 Å². The molecule has 1 aromatic heterocycles. The Morgan fingerprint density at radius 2 is 2.00 bits per heavy atom. The van der Waals surface area contributed by atoms with Crippen LogP contribution in [0.25, 0.3) is 10.9 Å². The minimum atomic E-state index is 0.0253. The van der Waals surface area contributed by atoms with Crippen molar-refractivity contribution in [1.82, 2.24) is 4.98 Å². The van der Waals surface area contributed by atoms with Gasteiger partial charge in [-0.1, -0.05) is 41.4 Å². The van der Waals surface area contributed by atoms with Crippen LogP contribution in [0, 0.1) is 6.92 Å². The number of halogens is 1. The van der Waals surface area contributed by atoms with Gasteiger partial charge in [-0.2, -0.15) is 0 Å². The number of ketones is 1. The molecule has 0 spiro atoms. The highest BCUT2D eigenvalue weighted by atomic mass is 35.5. The van der Waals surface area contributed by atoms with Gasteiger partial charge in [-0.3, -0.25) is 4.79 Å². The number of hydrogen-bond donors (Lipinski definition) is 1. The van der Waals surface area contributed by atoms with E-state index in [4.69, 9.17) is 11.6 Å². The molecule has 1 heterocycles. The number of hydrogen-bond acceptors (Lipinski definition) is 1. The third kappa shape index (κ3) is 2.15. The normalized spacial score (nSPS) is 10.8. The Hall–Kier alpha value is -2.06. The number of aryl methyl sites for hydroxylation is 1. The van der Waals surface area contributed by atoms with Gasteiger partial charge in [-0.25, -0.2) is 0 Å². The van der Waals surface area contributed by atoms with Gasteiger partial charge in [0, 0.05) is 33.2 Å². The summed E-state index contributed by atoms with van der Waals surface area (Å²) in [5.41, 5.74) is 3.34. The van der Waals surface area contributed by atoms with E-state index in [0.29, 0.717) is 16.1 Å². The van der Waals surface area contributed by atoms with Gasteiger partial charge in [0.15, 0.2) is 5.78 Å². The van der Waals surface area contributed by atoms with Crippen molar-refractivity contribution >= 4 is 28.3 Å². The molecule has 2 nitrogen and oxygen atoms in total. The fraction of sp³-hybridized carbons (Fsp3) is 0.0625. The lowest BCUT2D eigenvalue weighted by molar-refractivity contribution is 0.104. The minimum Gasteiger partial charge on any atom is -0.360 e. The van der Waals surface area contributed by atoms with Crippen LogP contribution in [0.15, 0.2) is 48.7 Å². The van der Waals surface area contributed by atoms with Crippen molar-refractivity contribution in [3.8, 4) is 0 Å². The summed E-state index contributed by atoms with van der Waals surface area (Å²) in [6, 6.07) is 13.1. The van der Waals surface area contributed by atoms with E-state index in [-0.39, 0.29) is 5.78 Å². The van der Waals surface area contributed by atoms with Crippen molar-refractivity contribution in [2.24, 2.45) is 0 Å². The van der Waals surface area contributed by atoms with E-state index in [2.05, 4.69) is 4.98 Å². The molecule has 2 aromatic carbocycles. The molecule has 0 aliphatic carbocycles. The Balaban J connectivity index is 2.12. The predicted octanol–water partition coefficient (Wildman–Crippen LogP) is 4.36. The van der Waals surface area contributed by atoms with Crippen LogP contribution in [0.3, 0.4) is 0 Å². The maximum atomic E-state index is 12.5. The zero-order valence-electron chi connectivity index (χ0n) is 10.4. The molecule has 0 atom stereocenters. The quantitative estimate of drug-likeness (QED) is 0.689. The van der Waals surface area contributed by atoms with Crippen LogP contribution < -0.4 is 0 Å². The first-order valence-corrected chi connectivity index (χ1v) is 6.41. The molecule has 0 radical (unpaired) electrons. The van der Waals surface area contributed by atoms with Gasteiger partial charge in [-0.05, 0) is 25.1 Å². The molecule has 0 bridgehead atoms. The zero-order chi connectivity index (χ0) is 13.4. The van der Waals surface area contributed by atoms with Gasteiger partial charge in [-0.15, -0.1) is 0 Å². The van der Waals surface area contributed by atoms with E-state index in [1.807, 2.05) is 43.3 Å². The average Bonchev–Trinajstić information content (AvgIpc) is 2.80. The molecule has 0 aliphatic heterocycles. The number of aromatic nitrogens is 1. The maximum Gasteiger partial charge on any atom is 0.195 e. The highest BCUT2D eigenvalue weighted by Gasteiger charge is 2.14. The fourth-order valence-corrected chi connectivity index (χ4v) is 2.40. The van der Waals surface area contributed by atoms with Crippen molar-refractivity contribution in [3.05, 3.63) is 70.4 Å². The van der Waals surface area contributed by atoms with Crippen molar-refractivity contribution in [3.63, 3.8) is 0 Å². The summed E-state index contributed by atoms with van der Waals surface area (Å²) in [6.45, 7) is 1.98. The second kappa shape index (κ2) is 4.56. The molecule has 0 fully saturated rings. The Kier molecular flexibility index (Phi) is 2.88. The van der Waals surface area contributed by atoms with Gasteiger partial charge in [0.2, 0.25) is 0 Å². The van der Waals surface area contributed by atoms with Crippen LogP contribution >= 0.6 is 11.6 Å². The second-order valence-corrected chi connectivity index (χ2v) is 5.03. The maximum absolute atomic E-state index is 12.5. The molecule has 0 saturated carbocycles. The molecule has 19 heavy (non-hydrogen) atoms. The number of nitrogens with one attached hydrogen (secondary N) is 1. The molecule has 1 N–H and O–H groups in total. The Labute approximate surface area is 116 Å². The van der Waals surface area contributed by atoms with E-state index in [9.17, 15) is 4.79 Å². The fourth-order valence-electron chi connectivity index (χ4n) is 2.23. The molecule has 0 aliphatic rings. The monoisotopic (exact) mass is 269 g/mol.